The van der Waals surface area contributed by atoms with Gasteiger partial charge in [-0.2, -0.15) is 0 Å². The zero-order valence-corrected chi connectivity index (χ0v) is 13.8. The van der Waals surface area contributed by atoms with Crippen LogP contribution < -0.4 is 0 Å². The highest BCUT2D eigenvalue weighted by Crippen LogP contribution is 2.23. The first-order valence-corrected chi connectivity index (χ1v) is 8.26. The molecule has 0 spiro atoms. The average molecular weight is 302 g/mol. The van der Waals surface area contributed by atoms with E-state index in [1.807, 2.05) is 18.2 Å². The monoisotopic (exact) mass is 302 g/mol. The number of unbranched alkanes of at least 4 members (excludes halogenated alkanes) is 1. The Morgan fingerprint density at radius 1 is 0.826 bits per heavy atom. The Balaban J connectivity index is 2.06. The first kappa shape index (κ1) is 15.4. The largest absolute Gasteiger partial charge is 0.233 e. The van der Waals surface area contributed by atoms with Gasteiger partial charge in [-0.3, -0.25) is 0 Å². The normalized spacial score (nSPS) is 10.7. The van der Waals surface area contributed by atoms with Gasteiger partial charge in [-0.15, -0.1) is 0 Å². The summed E-state index contributed by atoms with van der Waals surface area (Å²) in [6, 6.07) is 20.9. The third-order valence-electron chi connectivity index (χ3n) is 3.94. The predicted molar refractivity (Wildman–Crippen MR) is 96.3 cm³/mol. The van der Waals surface area contributed by atoms with Crippen LogP contribution in [0.5, 0.6) is 0 Å². The Morgan fingerprint density at radius 2 is 1.57 bits per heavy atom. The third-order valence-corrected chi connectivity index (χ3v) is 3.94. The number of hydrogen-bond donors (Lipinski definition) is 0. The molecule has 3 rings (SSSR count). The smallest absolute Gasteiger partial charge is 0.160 e. The van der Waals surface area contributed by atoms with Crippen LogP contribution in [0, 0.1) is 6.92 Å². The van der Waals surface area contributed by atoms with Gasteiger partial charge in [0.2, 0.25) is 0 Å². The molecule has 1 aromatic heterocycles. The topological polar surface area (TPSA) is 25.8 Å². The van der Waals surface area contributed by atoms with Crippen LogP contribution in [-0.2, 0) is 6.42 Å². The fourth-order valence-corrected chi connectivity index (χ4v) is 2.57. The van der Waals surface area contributed by atoms with E-state index in [2.05, 4.69) is 56.3 Å². The van der Waals surface area contributed by atoms with Crippen LogP contribution in [0.25, 0.3) is 22.6 Å². The lowest BCUT2D eigenvalue weighted by Crippen LogP contribution is -1.98. The second-order valence-electron chi connectivity index (χ2n) is 5.90. The number of aryl methyl sites for hydroxylation is 2. The van der Waals surface area contributed by atoms with Gasteiger partial charge in [-0.05, 0) is 25.8 Å². The number of rotatable bonds is 5. The van der Waals surface area contributed by atoms with Gasteiger partial charge in [0.05, 0.1) is 5.69 Å². The molecule has 0 aliphatic rings. The minimum absolute atomic E-state index is 0.815. The molecule has 0 unspecified atom stereocenters. The van der Waals surface area contributed by atoms with Crippen LogP contribution in [0.2, 0.25) is 0 Å². The van der Waals surface area contributed by atoms with Gasteiger partial charge >= 0.3 is 0 Å². The van der Waals surface area contributed by atoms with Gasteiger partial charge in [0, 0.05) is 16.8 Å². The molecule has 0 saturated heterocycles. The van der Waals surface area contributed by atoms with Gasteiger partial charge in [-0.1, -0.05) is 73.5 Å². The highest BCUT2D eigenvalue weighted by Gasteiger charge is 2.08. The molecule has 0 saturated carbocycles. The van der Waals surface area contributed by atoms with Crippen molar-refractivity contribution in [3.8, 4) is 22.6 Å². The Labute approximate surface area is 138 Å². The second kappa shape index (κ2) is 7.19. The molecule has 0 aliphatic heterocycles. The quantitative estimate of drug-likeness (QED) is 0.625. The molecule has 0 radical (unpaired) electrons. The molecule has 1 heterocycles. The number of benzene rings is 2. The summed E-state index contributed by atoms with van der Waals surface area (Å²) in [5, 5.41) is 0. The fourth-order valence-electron chi connectivity index (χ4n) is 2.57. The lowest BCUT2D eigenvalue weighted by Gasteiger charge is -2.09. The lowest BCUT2D eigenvalue weighted by atomic mass is 10.1. The average Bonchev–Trinajstić information content (AvgIpc) is 2.61. The first-order chi connectivity index (χ1) is 11.3. The molecule has 2 nitrogen and oxygen atoms in total. The van der Waals surface area contributed by atoms with Crippen molar-refractivity contribution in [1.29, 1.82) is 0 Å². The summed E-state index contributed by atoms with van der Waals surface area (Å²) >= 11 is 0. The number of nitrogens with zero attached hydrogens (tertiary/aromatic N) is 2. The zero-order valence-electron chi connectivity index (χ0n) is 13.8. The summed E-state index contributed by atoms with van der Waals surface area (Å²) in [5.74, 6) is 0.815. The second-order valence-corrected chi connectivity index (χ2v) is 5.90. The van der Waals surface area contributed by atoms with Crippen LogP contribution in [0.1, 0.15) is 31.0 Å². The zero-order chi connectivity index (χ0) is 16.1. The van der Waals surface area contributed by atoms with Crippen LogP contribution in [-0.4, -0.2) is 9.97 Å². The molecule has 3 aromatic rings. The van der Waals surface area contributed by atoms with Gasteiger partial charge in [0.1, 0.15) is 0 Å². The van der Waals surface area contributed by atoms with Gasteiger partial charge in [0.15, 0.2) is 5.82 Å². The van der Waals surface area contributed by atoms with E-state index in [0.717, 1.165) is 41.2 Å². The summed E-state index contributed by atoms with van der Waals surface area (Å²) in [7, 11) is 0. The van der Waals surface area contributed by atoms with E-state index in [9.17, 15) is 0 Å². The van der Waals surface area contributed by atoms with Crippen LogP contribution >= 0.6 is 0 Å². The first-order valence-electron chi connectivity index (χ1n) is 8.26. The van der Waals surface area contributed by atoms with Gasteiger partial charge in [0.25, 0.3) is 0 Å². The van der Waals surface area contributed by atoms with Crippen LogP contribution in [0.4, 0.5) is 0 Å². The molecule has 0 atom stereocenters. The molecule has 0 bridgehead atoms. The molecule has 0 aliphatic carbocycles. The van der Waals surface area contributed by atoms with Gasteiger partial charge < -0.3 is 0 Å². The van der Waals surface area contributed by atoms with Crippen molar-refractivity contribution >= 4 is 0 Å². The summed E-state index contributed by atoms with van der Waals surface area (Å²) in [5.41, 5.74) is 5.60. The number of aromatic nitrogens is 2. The Hall–Kier alpha value is -2.48. The van der Waals surface area contributed by atoms with Gasteiger partial charge in [-0.25, -0.2) is 9.97 Å². The van der Waals surface area contributed by atoms with E-state index in [-0.39, 0.29) is 0 Å². The Morgan fingerprint density at radius 3 is 2.26 bits per heavy atom. The Kier molecular flexibility index (Phi) is 4.82. The van der Waals surface area contributed by atoms with Crippen molar-refractivity contribution in [2.24, 2.45) is 0 Å². The van der Waals surface area contributed by atoms with Crippen molar-refractivity contribution in [2.75, 3.05) is 0 Å². The Bertz CT molecular complexity index is 762. The molecule has 0 N–H and O–H groups in total. The maximum absolute atomic E-state index is 4.80. The highest BCUT2D eigenvalue weighted by molar-refractivity contribution is 5.64. The van der Waals surface area contributed by atoms with Crippen LogP contribution in [0.15, 0.2) is 60.7 Å². The van der Waals surface area contributed by atoms with Crippen molar-refractivity contribution in [3.05, 3.63) is 71.9 Å². The molecule has 2 heteroatoms. The van der Waals surface area contributed by atoms with Crippen molar-refractivity contribution in [1.82, 2.24) is 9.97 Å². The molecular formula is C21H22N2. The highest BCUT2D eigenvalue weighted by atomic mass is 14.9. The van der Waals surface area contributed by atoms with E-state index in [0.29, 0.717) is 0 Å². The summed E-state index contributed by atoms with van der Waals surface area (Å²) in [6.07, 6.45) is 3.32. The van der Waals surface area contributed by atoms with E-state index in [1.165, 1.54) is 12.0 Å². The van der Waals surface area contributed by atoms with E-state index < -0.39 is 0 Å². The molecule has 0 amide bonds. The van der Waals surface area contributed by atoms with Crippen LogP contribution in [0.3, 0.4) is 0 Å². The maximum Gasteiger partial charge on any atom is 0.160 e. The fraction of sp³-hybridized carbons (Fsp3) is 0.238. The van der Waals surface area contributed by atoms with E-state index in [4.69, 9.17) is 9.97 Å². The van der Waals surface area contributed by atoms with Crippen molar-refractivity contribution < 1.29 is 0 Å². The minimum atomic E-state index is 0.815. The SMILES string of the molecule is CCCCc1cc(-c2ccc(C)cc2)nc(-c2ccccc2)n1. The standard InChI is InChI=1S/C21H22N2/c1-3-4-10-19-15-20(17-13-11-16(2)12-14-17)23-21(22-19)18-8-6-5-7-9-18/h5-9,11-15H,3-4,10H2,1-2H3. The van der Waals surface area contributed by atoms with E-state index in [1.54, 1.807) is 0 Å². The summed E-state index contributed by atoms with van der Waals surface area (Å²) in [4.78, 5) is 9.57. The molecular weight excluding hydrogens is 280 g/mol. The van der Waals surface area contributed by atoms with Crippen molar-refractivity contribution in [2.45, 2.75) is 33.1 Å². The minimum Gasteiger partial charge on any atom is -0.233 e. The predicted octanol–water partition coefficient (Wildman–Crippen LogP) is 5.46. The maximum atomic E-state index is 4.80. The third kappa shape index (κ3) is 3.84. The molecule has 116 valence electrons. The summed E-state index contributed by atoms with van der Waals surface area (Å²) in [6.45, 7) is 4.31. The van der Waals surface area contributed by atoms with E-state index >= 15 is 0 Å². The van der Waals surface area contributed by atoms with Crippen molar-refractivity contribution in [3.63, 3.8) is 0 Å². The lowest BCUT2D eigenvalue weighted by molar-refractivity contribution is 0.775. The molecule has 23 heavy (non-hydrogen) atoms. The molecule has 0 fully saturated rings. The molecule has 2 aromatic carbocycles. The number of hydrogen-bond acceptors (Lipinski definition) is 2. The summed E-state index contributed by atoms with van der Waals surface area (Å²) < 4.78 is 0.